The number of esters is 1. The molecule has 2 N–H and O–H groups in total. The molecule has 4 aromatic rings. The third-order valence-corrected chi connectivity index (χ3v) is 7.89. The summed E-state index contributed by atoms with van der Waals surface area (Å²) in [6.07, 6.45) is -6.50. The standard InChI is InChI=1S/C36H34F4N4O5/c1-6-43-32-27(28(42-44(32)25-13-8-7-9-14-25)30(45)20(2)34(48)49-35(3,4)5)26(21-15-17-24(37)18-16-21)29(33(43)47)41-31(46)22-11-10-12-23(19-22)36(38,39)40/h7-19,26,29-30,45H,2,6H2,1,3-5H3,(H,41,46)/t26-,29-,30?/m1/s1. The Morgan fingerprint density at radius 3 is 2.27 bits per heavy atom. The van der Waals surface area contributed by atoms with Gasteiger partial charge in [0.1, 0.15) is 35.1 Å². The summed E-state index contributed by atoms with van der Waals surface area (Å²) in [7, 11) is 0. The van der Waals surface area contributed by atoms with Crippen molar-refractivity contribution < 1.29 is 41.8 Å². The SMILES string of the molecule is C=C(C(=O)OC(C)(C)C)C(O)c1nn(-c2ccccc2)c2c1[C@@H](c1ccc(F)cc1)[C@@H](NC(=O)c1cccc(C(F)(F)F)c1)C(=O)N2CC. The Kier molecular flexibility index (Phi) is 9.51. The molecule has 0 saturated carbocycles. The van der Waals surface area contributed by atoms with Crippen LogP contribution in [0.15, 0.2) is 91.0 Å². The van der Waals surface area contributed by atoms with E-state index in [2.05, 4.69) is 11.9 Å². The van der Waals surface area contributed by atoms with Gasteiger partial charge in [0.15, 0.2) is 0 Å². The Morgan fingerprint density at radius 2 is 1.67 bits per heavy atom. The molecule has 0 radical (unpaired) electrons. The van der Waals surface area contributed by atoms with Crippen molar-refractivity contribution in [3.05, 3.63) is 125 Å². The first-order valence-electron chi connectivity index (χ1n) is 15.3. The summed E-state index contributed by atoms with van der Waals surface area (Å²) < 4.78 is 61.6. The predicted octanol–water partition coefficient (Wildman–Crippen LogP) is 6.26. The van der Waals surface area contributed by atoms with Gasteiger partial charge < -0.3 is 15.2 Å². The number of aliphatic hydroxyl groups excluding tert-OH is 1. The molecule has 0 spiro atoms. The van der Waals surface area contributed by atoms with Gasteiger partial charge in [0.25, 0.3) is 11.8 Å². The molecule has 0 fully saturated rings. The fourth-order valence-corrected chi connectivity index (χ4v) is 5.69. The van der Waals surface area contributed by atoms with Crippen LogP contribution >= 0.6 is 0 Å². The molecular formula is C36H34F4N4O5. The molecule has 49 heavy (non-hydrogen) atoms. The molecule has 3 aromatic carbocycles. The van der Waals surface area contributed by atoms with E-state index in [0.29, 0.717) is 17.3 Å². The van der Waals surface area contributed by atoms with Crippen LogP contribution < -0.4 is 10.2 Å². The molecule has 1 unspecified atom stereocenters. The van der Waals surface area contributed by atoms with Gasteiger partial charge in [-0.1, -0.05) is 43.0 Å². The fraction of sp³-hybridized carbons (Fsp3) is 0.278. The highest BCUT2D eigenvalue weighted by Crippen LogP contribution is 2.46. The van der Waals surface area contributed by atoms with Crippen molar-refractivity contribution in [3.8, 4) is 5.69 Å². The molecule has 2 heterocycles. The van der Waals surface area contributed by atoms with Crippen LogP contribution in [0, 0.1) is 5.82 Å². The number of anilines is 1. The van der Waals surface area contributed by atoms with Crippen LogP contribution in [0.5, 0.6) is 0 Å². The predicted molar refractivity (Wildman–Crippen MR) is 172 cm³/mol. The van der Waals surface area contributed by atoms with Gasteiger partial charge in [0.2, 0.25) is 0 Å². The minimum absolute atomic E-state index is 0.0406. The summed E-state index contributed by atoms with van der Waals surface area (Å²) in [5, 5.41) is 19.0. The smallest absolute Gasteiger partial charge is 0.416 e. The lowest BCUT2D eigenvalue weighted by Gasteiger charge is -2.38. The number of ether oxygens (including phenoxy) is 1. The number of aliphatic hydroxyl groups is 1. The molecular weight excluding hydrogens is 644 g/mol. The maximum Gasteiger partial charge on any atom is 0.416 e. The van der Waals surface area contributed by atoms with Crippen LogP contribution in [0.4, 0.5) is 23.4 Å². The van der Waals surface area contributed by atoms with E-state index in [1.54, 1.807) is 58.0 Å². The Bertz CT molecular complexity index is 1900. The number of nitrogens with one attached hydrogen (secondary N) is 1. The average molecular weight is 679 g/mol. The Balaban J connectivity index is 1.74. The van der Waals surface area contributed by atoms with Gasteiger partial charge >= 0.3 is 12.1 Å². The third kappa shape index (κ3) is 7.12. The number of amides is 2. The van der Waals surface area contributed by atoms with Gasteiger partial charge in [-0.2, -0.15) is 18.3 Å². The van der Waals surface area contributed by atoms with Crippen LogP contribution in [0.2, 0.25) is 0 Å². The monoisotopic (exact) mass is 678 g/mol. The second-order valence-corrected chi connectivity index (χ2v) is 12.4. The molecule has 5 rings (SSSR count). The third-order valence-electron chi connectivity index (χ3n) is 7.89. The van der Waals surface area contributed by atoms with E-state index in [1.165, 1.54) is 27.8 Å². The molecule has 0 bridgehead atoms. The number of likely N-dealkylation sites (N-methyl/N-ethyl adjacent to an activating group) is 1. The minimum atomic E-state index is -4.73. The van der Waals surface area contributed by atoms with E-state index < -0.39 is 59.0 Å². The number of halogens is 4. The zero-order valence-electron chi connectivity index (χ0n) is 27.1. The minimum Gasteiger partial charge on any atom is -0.457 e. The number of alkyl halides is 3. The molecule has 3 atom stereocenters. The molecule has 0 aliphatic carbocycles. The van der Waals surface area contributed by atoms with Crippen LogP contribution in [0.1, 0.15) is 72.5 Å². The topological polar surface area (TPSA) is 114 Å². The molecule has 256 valence electrons. The van der Waals surface area contributed by atoms with E-state index in [9.17, 15) is 37.1 Å². The zero-order chi connectivity index (χ0) is 35.8. The summed E-state index contributed by atoms with van der Waals surface area (Å²) in [5.74, 6) is -4.10. The lowest BCUT2D eigenvalue weighted by Crippen LogP contribution is -2.55. The second-order valence-electron chi connectivity index (χ2n) is 12.4. The van der Waals surface area contributed by atoms with E-state index in [0.717, 1.165) is 24.3 Å². The van der Waals surface area contributed by atoms with Crippen molar-refractivity contribution in [3.63, 3.8) is 0 Å². The first kappa shape index (κ1) is 35.0. The summed E-state index contributed by atoms with van der Waals surface area (Å²) in [6.45, 7) is 10.4. The van der Waals surface area contributed by atoms with Gasteiger partial charge in [-0.15, -0.1) is 0 Å². The second kappa shape index (κ2) is 13.3. The van der Waals surface area contributed by atoms with Gasteiger partial charge in [-0.05, 0) is 75.7 Å². The summed E-state index contributed by atoms with van der Waals surface area (Å²) in [5.41, 5.74) is -1.82. The maximum atomic E-state index is 14.4. The molecule has 13 heteroatoms. The highest BCUT2D eigenvalue weighted by atomic mass is 19.4. The Morgan fingerprint density at radius 1 is 1.02 bits per heavy atom. The van der Waals surface area contributed by atoms with Crippen LogP contribution in [0.3, 0.4) is 0 Å². The van der Waals surface area contributed by atoms with E-state index in [4.69, 9.17) is 9.84 Å². The highest BCUT2D eigenvalue weighted by molar-refractivity contribution is 6.05. The largest absolute Gasteiger partial charge is 0.457 e. The van der Waals surface area contributed by atoms with Crippen LogP contribution in [0.25, 0.3) is 5.69 Å². The zero-order valence-corrected chi connectivity index (χ0v) is 27.1. The van der Waals surface area contributed by atoms with Crippen LogP contribution in [-0.2, 0) is 20.5 Å². The Labute approximate surface area is 279 Å². The highest BCUT2D eigenvalue weighted by Gasteiger charge is 2.48. The molecule has 2 amide bonds. The lowest BCUT2D eigenvalue weighted by molar-refractivity contribution is -0.151. The summed E-state index contributed by atoms with van der Waals surface area (Å²) in [4.78, 5) is 42.4. The molecule has 0 saturated heterocycles. The van der Waals surface area contributed by atoms with Crippen molar-refractivity contribution in [2.24, 2.45) is 0 Å². The van der Waals surface area contributed by atoms with Crippen molar-refractivity contribution in [1.29, 1.82) is 0 Å². The van der Waals surface area contributed by atoms with Gasteiger partial charge in [0.05, 0.1) is 16.8 Å². The molecule has 1 aliphatic heterocycles. The number of carbonyl (C=O) groups excluding carboxylic acids is 3. The normalized spacial score (nSPS) is 16.9. The van der Waals surface area contributed by atoms with Crippen LogP contribution in [-0.4, -0.2) is 50.9 Å². The number of aromatic nitrogens is 2. The number of rotatable bonds is 8. The first-order valence-corrected chi connectivity index (χ1v) is 15.3. The molecule has 9 nitrogen and oxygen atoms in total. The molecule has 1 aliphatic rings. The van der Waals surface area contributed by atoms with Crippen molar-refractivity contribution >= 4 is 23.6 Å². The van der Waals surface area contributed by atoms with Gasteiger partial charge in [0, 0.05) is 23.6 Å². The number of hydrogen-bond donors (Lipinski definition) is 2. The summed E-state index contributed by atoms with van der Waals surface area (Å²) in [6, 6.07) is 16.0. The average Bonchev–Trinajstić information content (AvgIpc) is 3.44. The number of para-hydroxylation sites is 1. The van der Waals surface area contributed by atoms with E-state index >= 15 is 0 Å². The Hall–Kier alpha value is -5.30. The maximum absolute atomic E-state index is 14.4. The number of fused-ring (bicyclic) bond motifs is 1. The number of benzene rings is 3. The van der Waals surface area contributed by atoms with Gasteiger partial charge in [-0.3, -0.25) is 14.5 Å². The molecule has 1 aromatic heterocycles. The summed E-state index contributed by atoms with van der Waals surface area (Å²) >= 11 is 0. The van der Waals surface area contributed by atoms with E-state index in [1.807, 2.05) is 0 Å². The number of carbonyl (C=O) groups is 3. The first-order chi connectivity index (χ1) is 23.0. The van der Waals surface area contributed by atoms with Crippen molar-refractivity contribution in [2.75, 3.05) is 11.4 Å². The quantitative estimate of drug-likeness (QED) is 0.129. The van der Waals surface area contributed by atoms with Crippen molar-refractivity contribution in [2.45, 2.75) is 57.5 Å². The fourth-order valence-electron chi connectivity index (χ4n) is 5.69. The number of hydrogen-bond acceptors (Lipinski definition) is 6. The number of nitrogens with zero attached hydrogens (tertiary/aromatic N) is 3. The lowest BCUT2D eigenvalue weighted by atomic mass is 9.79. The van der Waals surface area contributed by atoms with Crippen molar-refractivity contribution in [1.82, 2.24) is 15.1 Å². The van der Waals surface area contributed by atoms with Gasteiger partial charge in [-0.25, -0.2) is 13.9 Å². The van der Waals surface area contributed by atoms with E-state index in [-0.39, 0.29) is 34.8 Å².